The zero-order valence-electron chi connectivity index (χ0n) is 9.49. The molecule has 2 aromatic rings. The van der Waals surface area contributed by atoms with Crippen LogP contribution in [0.2, 0.25) is 5.02 Å². The molecule has 0 bridgehead atoms. The maximum absolute atomic E-state index is 11.5. The minimum atomic E-state index is -0.644. The Morgan fingerprint density at radius 3 is 2.00 bits per heavy atom. The van der Waals surface area contributed by atoms with Gasteiger partial charge in [0.15, 0.2) is 0 Å². The van der Waals surface area contributed by atoms with Crippen molar-refractivity contribution in [1.82, 2.24) is 0 Å². The summed E-state index contributed by atoms with van der Waals surface area (Å²) in [5.41, 5.74) is 1.61. The highest BCUT2D eigenvalue weighted by Gasteiger charge is 2.16. The van der Waals surface area contributed by atoms with E-state index in [4.69, 9.17) is 34.8 Å². The summed E-state index contributed by atoms with van der Waals surface area (Å²) in [4.78, 5) is 22.9. The Morgan fingerprint density at radius 1 is 0.789 bits per heavy atom. The highest BCUT2D eigenvalue weighted by molar-refractivity contribution is 6.69. The van der Waals surface area contributed by atoms with Gasteiger partial charge in [0.25, 0.3) is 10.5 Å². The van der Waals surface area contributed by atoms with Crippen molar-refractivity contribution >= 4 is 45.3 Å². The highest BCUT2D eigenvalue weighted by Crippen LogP contribution is 2.31. The van der Waals surface area contributed by atoms with Crippen LogP contribution in [0.4, 0.5) is 0 Å². The van der Waals surface area contributed by atoms with Crippen LogP contribution in [-0.2, 0) is 0 Å². The second-order valence-electron chi connectivity index (χ2n) is 3.78. The summed E-state index contributed by atoms with van der Waals surface area (Å²) in [7, 11) is 0. The first-order chi connectivity index (χ1) is 9.00. The van der Waals surface area contributed by atoms with E-state index in [1.807, 2.05) is 0 Å². The number of carbonyl (C=O) groups excluding carboxylic acids is 2. The number of carbonyl (C=O) groups is 2. The molecule has 0 amide bonds. The first-order valence-electron chi connectivity index (χ1n) is 5.29. The fraction of sp³-hybridized carbons (Fsp3) is 0. The SMILES string of the molecule is O=C(Cl)c1ccccc1-c1ccc(Cl)cc1C(=O)Cl. The molecule has 0 spiro atoms. The molecule has 5 heteroatoms. The lowest BCUT2D eigenvalue weighted by atomic mass is 9.96. The van der Waals surface area contributed by atoms with Gasteiger partial charge in [-0.25, -0.2) is 0 Å². The van der Waals surface area contributed by atoms with Crippen molar-refractivity contribution in [3.63, 3.8) is 0 Å². The van der Waals surface area contributed by atoms with Crippen LogP contribution in [0.25, 0.3) is 11.1 Å². The molecule has 0 aliphatic heterocycles. The molecule has 19 heavy (non-hydrogen) atoms. The number of rotatable bonds is 3. The zero-order chi connectivity index (χ0) is 14.0. The maximum Gasteiger partial charge on any atom is 0.253 e. The van der Waals surface area contributed by atoms with Crippen molar-refractivity contribution in [3.05, 3.63) is 58.6 Å². The molecule has 0 N–H and O–H groups in total. The van der Waals surface area contributed by atoms with Gasteiger partial charge in [-0.1, -0.05) is 35.9 Å². The average molecular weight is 314 g/mol. The van der Waals surface area contributed by atoms with Gasteiger partial charge in [-0.15, -0.1) is 0 Å². The molecule has 2 aromatic carbocycles. The lowest BCUT2D eigenvalue weighted by molar-refractivity contribution is 0.107. The van der Waals surface area contributed by atoms with Crippen molar-refractivity contribution < 1.29 is 9.59 Å². The van der Waals surface area contributed by atoms with Crippen molar-refractivity contribution in [2.75, 3.05) is 0 Å². The highest BCUT2D eigenvalue weighted by atomic mass is 35.5. The molecule has 0 saturated heterocycles. The molecule has 0 aliphatic carbocycles. The van der Waals surface area contributed by atoms with Gasteiger partial charge in [-0.05, 0) is 52.5 Å². The standard InChI is InChI=1S/C14H7Cl3O2/c15-8-5-6-10(12(7-8)14(17)19)9-3-1-2-4-11(9)13(16)18/h1-7H. The monoisotopic (exact) mass is 312 g/mol. The van der Waals surface area contributed by atoms with E-state index >= 15 is 0 Å². The van der Waals surface area contributed by atoms with E-state index in [0.717, 1.165) is 0 Å². The predicted molar refractivity (Wildman–Crippen MR) is 77.3 cm³/mol. The third-order valence-electron chi connectivity index (χ3n) is 2.62. The topological polar surface area (TPSA) is 34.1 Å². The molecule has 0 atom stereocenters. The van der Waals surface area contributed by atoms with Crippen LogP contribution in [0.15, 0.2) is 42.5 Å². The van der Waals surface area contributed by atoms with E-state index in [1.54, 1.807) is 36.4 Å². The molecular weight excluding hydrogens is 307 g/mol. The zero-order valence-corrected chi connectivity index (χ0v) is 11.8. The molecule has 0 heterocycles. The van der Waals surface area contributed by atoms with E-state index < -0.39 is 10.5 Å². The lowest BCUT2D eigenvalue weighted by Gasteiger charge is -2.10. The van der Waals surface area contributed by atoms with E-state index in [2.05, 4.69) is 0 Å². The Bertz CT molecular complexity index is 665. The molecule has 0 unspecified atom stereocenters. The molecule has 0 radical (unpaired) electrons. The molecule has 0 aromatic heterocycles. The van der Waals surface area contributed by atoms with Crippen LogP contribution in [0.1, 0.15) is 20.7 Å². The number of halogens is 3. The predicted octanol–water partition coefficient (Wildman–Crippen LogP) is 4.77. The summed E-state index contributed by atoms with van der Waals surface area (Å²) in [6.45, 7) is 0. The van der Waals surface area contributed by atoms with Gasteiger partial charge in [0.2, 0.25) is 0 Å². The van der Waals surface area contributed by atoms with Gasteiger partial charge in [-0.3, -0.25) is 9.59 Å². The van der Waals surface area contributed by atoms with Crippen molar-refractivity contribution in [2.45, 2.75) is 0 Å². The van der Waals surface area contributed by atoms with E-state index in [-0.39, 0.29) is 5.56 Å². The summed E-state index contributed by atoms with van der Waals surface area (Å²) >= 11 is 16.9. The average Bonchev–Trinajstić information content (AvgIpc) is 2.38. The minimum absolute atomic E-state index is 0.236. The first-order valence-corrected chi connectivity index (χ1v) is 6.42. The third-order valence-corrected chi connectivity index (χ3v) is 3.26. The first kappa shape index (κ1) is 14.1. The van der Waals surface area contributed by atoms with Crippen LogP contribution in [0, 0.1) is 0 Å². The van der Waals surface area contributed by atoms with E-state index in [1.165, 1.54) is 6.07 Å². The normalized spacial score (nSPS) is 10.3. The summed E-state index contributed by atoms with van der Waals surface area (Å²) < 4.78 is 0. The summed E-state index contributed by atoms with van der Waals surface area (Å²) in [5, 5.41) is -0.852. The second kappa shape index (κ2) is 5.74. The van der Waals surface area contributed by atoms with Crippen LogP contribution in [-0.4, -0.2) is 10.5 Å². The fourth-order valence-electron chi connectivity index (χ4n) is 1.80. The van der Waals surface area contributed by atoms with Gasteiger partial charge in [0, 0.05) is 16.1 Å². The van der Waals surface area contributed by atoms with Crippen molar-refractivity contribution in [3.8, 4) is 11.1 Å². The Hall–Kier alpha value is -1.35. The van der Waals surface area contributed by atoms with Crippen molar-refractivity contribution in [1.29, 1.82) is 0 Å². The summed E-state index contributed by atoms with van der Waals surface area (Å²) in [6, 6.07) is 11.4. The number of benzene rings is 2. The lowest BCUT2D eigenvalue weighted by Crippen LogP contribution is -1.98. The molecule has 0 aliphatic rings. The van der Waals surface area contributed by atoms with Crippen LogP contribution in [0.3, 0.4) is 0 Å². The number of hydrogen-bond donors (Lipinski definition) is 0. The molecule has 0 saturated carbocycles. The van der Waals surface area contributed by atoms with Crippen molar-refractivity contribution in [2.24, 2.45) is 0 Å². The smallest absolute Gasteiger partial charge is 0.253 e. The van der Waals surface area contributed by atoms with Gasteiger partial charge in [0.05, 0.1) is 0 Å². The summed E-state index contributed by atoms with van der Waals surface area (Å²) in [5.74, 6) is 0. The molecule has 2 nitrogen and oxygen atoms in total. The quantitative estimate of drug-likeness (QED) is 0.765. The summed E-state index contributed by atoms with van der Waals surface area (Å²) in [6.07, 6.45) is 0. The van der Waals surface area contributed by atoms with Gasteiger partial charge >= 0.3 is 0 Å². The van der Waals surface area contributed by atoms with Crippen LogP contribution < -0.4 is 0 Å². The van der Waals surface area contributed by atoms with Crippen LogP contribution in [0.5, 0.6) is 0 Å². The maximum atomic E-state index is 11.5. The van der Waals surface area contributed by atoms with Gasteiger partial charge in [-0.2, -0.15) is 0 Å². The Labute approximate surface area is 124 Å². The van der Waals surface area contributed by atoms with Crippen LogP contribution >= 0.6 is 34.8 Å². The van der Waals surface area contributed by atoms with Gasteiger partial charge in [0.1, 0.15) is 0 Å². The fourth-order valence-corrected chi connectivity index (χ4v) is 2.30. The third kappa shape index (κ3) is 2.98. The van der Waals surface area contributed by atoms with E-state index in [0.29, 0.717) is 21.7 Å². The molecule has 2 rings (SSSR count). The van der Waals surface area contributed by atoms with E-state index in [9.17, 15) is 9.59 Å². The minimum Gasteiger partial charge on any atom is -0.276 e. The largest absolute Gasteiger partial charge is 0.276 e. The molecule has 0 fully saturated rings. The second-order valence-corrected chi connectivity index (χ2v) is 4.91. The Kier molecular flexibility index (Phi) is 4.25. The Balaban J connectivity index is 2.72. The molecule has 96 valence electrons. The number of hydrogen-bond acceptors (Lipinski definition) is 2. The molecular formula is C14H7Cl3O2. The van der Waals surface area contributed by atoms with Gasteiger partial charge < -0.3 is 0 Å². The Morgan fingerprint density at radius 2 is 1.37 bits per heavy atom.